The molecule has 0 aromatic rings. The normalized spacial score (nSPS) is 35.1. The topological polar surface area (TPSA) is 34.1 Å². The molecule has 0 N–H and O–H groups in total. The van der Waals surface area contributed by atoms with Crippen LogP contribution in [0, 0.1) is 11.3 Å². The second-order valence-electron chi connectivity index (χ2n) is 6.82. The van der Waals surface area contributed by atoms with Crippen LogP contribution in [0.15, 0.2) is 0 Å². The predicted molar refractivity (Wildman–Crippen MR) is 77.0 cm³/mol. The molecule has 0 spiro atoms. The van der Waals surface area contributed by atoms with Crippen LogP contribution in [0.5, 0.6) is 0 Å². The third-order valence-corrected chi connectivity index (χ3v) is 5.28. The summed E-state index contributed by atoms with van der Waals surface area (Å²) in [4.78, 5) is 24.3. The van der Waals surface area contributed by atoms with Gasteiger partial charge < -0.3 is 0 Å². The van der Waals surface area contributed by atoms with Crippen LogP contribution in [-0.4, -0.2) is 11.6 Å². The molecule has 2 nitrogen and oxygen atoms in total. The van der Waals surface area contributed by atoms with Crippen LogP contribution in [0.1, 0.15) is 84.0 Å². The average molecular weight is 264 g/mol. The van der Waals surface area contributed by atoms with Crippen LogP contribution in [0.2, 0.25) is 0 Å². The molecule has 2 saturated carbocycles. The van der Waals surface area contributed by atoms with Gasteiger partial charge in [-0.1, -0.05) is 51.9 Å². The van der Waals surface area contributed by atoms with Crippen LogP contribution in [0.25, 0.3) is 0 Å². The van der Waals surface area contributed by atoms with Crippen molar-refractivity contribution in [1.82, 2.24) is 0 Å². The summed E-state index contributed by atoms with van der Waals surface area (Å²) in [6.45, 7) is 2.06. The molecule has 0 heterocycles. The molecule has 0 aromatic heterocycles. The maximum atomic E-state index is 12.5. The molecule has 0 unspecified atom stereocenters. The Morgan fingerprint density at radius 3 is 2.16 bits per heavy atom. The fraction of sp³-hybridized carbons (Fsp3) is 0.882. The molecular weight excluding hydrogens is 236 g/mol. The molecule has 0 saturated heterocycles. The molecule has 2 fully saturated rings. The summed E-state index contributed by atoms with van der Waals surface area (Å²) in [5, 5.41) is 0. The van der Waals surface area contributed by atoms with Gasteiger partial charge in [0.15, 0.2) is 0 Å². The van der Waals surface area contributed by atoms with Crippen molar-refractivity contribution >= 4 is 11.6 Å². The Bertz CT molecular complexity index is 334. The Balaban J connectivity index is 2.03. The van der Waals surface area contributed by atoms with Crippen molar-refractivity contribution in [1.29, 1.82) is 0 Å². The van der Waals surface area contributed by atoms with Crippen molar-refractivity contribution in [2.75, 3.05) is 0 Å². The molecule has 0 aliphatic heterocycles. The number of rotatable bonds is 0. The first kappa shape index (κ1) is 14.7. The number of carbonyl (C=O) groups is 2. The SMILES string of the molecule is C[C@]12CC(=O)C[C@H]1CCCCCCCCCCC2=O. The maximum absolute atomic E-state index is 12.5. The molecule has 2 heteroatoms. The summed E-state index contributed by atoms with van der Waals surface area (Å²) >= 11 is 0. The zero-order chi connectivity index (χ0) is 13.7. The fourth-order valence-corrected chi connectivity index (χ4v) is 3.90. The zero-order valence-corrected chi connectivity index (χ0v) is 12.4. The van der Waals surface area contributed by atoms with Gasteiger partial charge in [-0.05, 0) is 18.8 Å². The second kappa shape index (κ2) is 6.67. The van der Waals surface area contributed by atoms with Crippen LogP contribution in [0.3, 0.4) is 0 Å². The van der Waals surface area contributed by atoms with Crippen LogP contribution in [0.4, 0.5) is 0 Å². The van der Waals surface area contributed by atoms with E-state index < -0.39 is 0 Å². The van der Waals surface area contributed by atoms with E-state index in [1.54, 1.807) is 0 Å². The van der Waals surface area contributed by atoms with E-state index in [2.05, 4.69) is 6.92 Å². The average Bonchev–Trinajstić information content (AvgIpc) is 2.67. The van der Waals surface area contributed by atoms with E-state index in [1.807, 2.05) is 0 Å². The number of fused-ring (bicyclic) bond motifs is 1. The lowest BCUT2D eigenvalue weighted by atomic mass is 9.72. The molecule has 2 atom stereocenters. The van der Waals surface area contributed by atoms with E-state index in [0.29, 0.717) is 36.7 Å². The van der Waals surface area contributed by atoms with Crippen molar-refractivity contribution in [2.45, 2.75) is 84.0 Å². The molecule has 108 valence electrons. The highest BCUT2D eigenvalue weighted by atomic mass is 16.1. The van der Waals surface area contributed by atoms with Crippen LogP contribution in [-0.2, 0) is 9.59 Å². The smallest absolute Gasteiger partial charge is 0.139 e. The largest absolute Gasteiger partial charge is 0.300 e. The summed E-state index contributed by atoms with van der Waals surface area (Å²) in [7, 11) is 0. The van der Waals surface area contributed by atoms with Gasteiger partial charge in [0.1, 0.15) is 11.6 Å². The van der Waals surface area contributed by atoms with Gasteiger partial charge in [-0.25, -0.2) is 0 Å². The minimum atomic E-state index is -0.328. The Labute approximate surface area is 117 Å². The number of ketones is 2. The number of hydrogen-bond acceptors (Lipinski definition) is 2. The van der Waals surface area contributed by atoms with Gasteiger partial charge in [-0.3, -0.25) is 9.59 Å². The molecule has 0 amide bonds. The van der Waals surface area contributed by atoms with Gasteiger partial charge in [0.25, 0.3) is 0 Å². The molecule has 2 aliphatic rings. The standard InChI is InChI=1S/C17H28O2/c1-17-13-15(18)12-14(17)10-8-6-4-2-3-5-7-9-11-16(17)19/h14H,2-13H2,1H3/t14-,17+/m1/s1. The van der Waals surface area contributed by atoms with Gasteiger partial charge in [-0.15, -0.1) is 0 Å². The van der Waals surface area contributed by atoms with E-state index in [9.17, 15) is 9.59 Å². The van der Waals surface area contributed by atoms with E-state index in [0.717, 1.165) is 12.8 Å². The summed E-state index contributed by atoms with van der Waals surface area (Å²) in [6.07, 6.45) is 12.9. The highest BCUT2D eigenvalue weighted by Crippen LogP contribution is 2.45. The number of Topliss-reactive ketones (excluding diaryl/α,β-unsaturated/α-hetero) is 2. The van der Waals surface area contributed by atoms with Crippen molar-refractivity contribution in [2.24, 2.45) is 11.3 Å². The van der Waals surface area contributed by atoms with E-state index in [4.69, 9.17) is 0 Å². The first-order valence-electron chi connectivity index (χ1n) is 8.18. The Hall–Kier alpha value is -0.660. The van der Waals surface area contributed by atoms with Gasteiger partial charge in [0.05, 0.1) is 0 Å². The van der Waals surface area contributed by atoms with Crippen molar-refractivity contribution in [3.05, 3.63) is 0 Å². The Kier molecular flexibility index (Phi) is 5.18. The van der Waals surface area contributed by atoms with Crippen LogP contribution < -0.4 is 0 Å². The molecule has 19 heavy (non-hydrogen) atoms. The van der Waals surface area contributed by atoms with Crippen LogP contribution >= 0.6 is 0 Å². The summed E-state index contributed by atoms with van der Waals surface area (Å²) in [6, 6.07) is 0. The lowest BCUT2D eigenvalue weighted by Crippen LogP contribution is -2.32. The number of hydrogen-bond donors (Lipinski definition) is 0. The van der Waals surface area contributed by atoms with Crippen molar-refractivity contribution in [3.8, 4) is 0 Å². The van der Waals surface area contributed by atoms with Crippen molar-refractivity contribution in [3.63, 3.8) is 0 Å². The molecule has 0 aromatic carbocycles. The maximum Gasteiger partial charge on any atom is 0.139 e. The first-order valence-corrected chi connectivity index (χ1v) is 8.18. The third kappa shape index (κ3) is 3.67. The predicted octanol–water partition coefficient (Wildman–Crippen LogP) is 4.46. The van der Waals surface area contributed by atoms with Gasteiger partial charge >= 0.3 is 0 Å². The monoisotopic (exact) mass is 264 g/mol. The number of carbonyl (C=O) groups excluding carboxylic acids is 2. The molecule has 2 aliphatic carbocycles. The quantitative estimate of drug-likeness (QED) is 0.647. The zero-order valence-electron chi connectivity index (χ0n) is 12.4. The van der Waals surface area contributed by atoms with E-state index in [1.165, 1.54) is 44.9 Å². The van der Waals surface area contributed by atoms with E-state index >= 15 is 0 Å². The highest BCUT2D eigenvalue weighted by Gasteiger charge is 2.47. The molecule has 2 rings (SSSR count). The Morgan fingerprint density at radius 2 is 1.47 bits per heavy atom. The molecular formula is C17H28O2. The highest BCUT2D eigenvalue weighted by molar-refractivity contribution is 5.94. The fourth-order valence-electron chi connectivity index (χ4n) is 3.90. The van der Waals surface area contributed by atoms with Gasteiger partial charge in [0.2, 0.25) is 0 Å². The second-order valence-corrected chi connectivity index (χ2v) is 6.82. The lowest BCUT2D eigenvalue weighted by Gasteiger charge is -2.29. The minimum absolute atomic E-state index is 0.313. The first-order chi connectivity index (χ1) is 9.13. The minimum Gasteiger partial charge on any atom is -0.300 e. The summed E-state index contributed by atoms with van der Waals surface area (Å²) in [5.41, 5.74) is -0.328. The molecule has 0 radical (unpaired) electrons. The Morgan fingerprint density at radius 1 is 0.895 bits per heavy atom. The van der Waals surface area contributed by atoms with Crippen molar-refractivity contribution < 1.29 is 9.59 Å². The third-order valence-electron chi connectivity index (χ3n) is 5.28. The van der Waals surface area contributed by atoms with E-state index in [-0.39, 0.29) is 5.41 Å². The summed E-state index contributed by atoms with van der Waals surface area (Å²) < 4.78 is 0. The molecule has 0 bridgehead atoms. The van der Waals surface area contributed by atoms with Gasteiger partial charge in [-0.2, -0.15) is 0 Å². The lowest BCUT2D eigenvalue weighted by molar-refractivity contribution is -0.131. The summed E-state index contributed by atoms with van der Waals surface area (Å²) in [5.74, 6) is 1.00. The van der Waals surface area contributed by atoms with Gasteiger partial charge in [0, 0.05) is 24.7 Å².